The van der Waals surface area contributed by atoms with Gasteiger partial charge in [-0.15, -0.1) is 0 Å². The standard InChI is InChI=1S/C14H23BrN2/c1-4-5-6-9-17(3)14-8-7-12(11-16-2)10-13(14)15/h7-8,10,16H,4-6,9,11H2,1-3H3. The number of nitrogens with zero attached hydrogens (tertiary/aromatic N) is 1. The van der Waals surface area contributed by atoms with Crippen LogP contribution in [0.4, 0.5) is 5.69 Å². The summed E-state index contributed by atoms with van der Waals surface area (Å²) in [5.74, 6) is 0. The molecule has 3 heteroatoms. The van der Waals surface area contributed by atoms with Crippen LogP contribution in [0.25, 0.3) is 0 Å². The normalized spacial score (nSPS) is 10.6. The van der Waals surface area contributed by atoms with Crippen LogP contribution < -0.4 is 10.2 Å². The zero-order valence-corrected chi connectivity index (χ0v) is 12.7. The molecule has 0 unspecified atom stereocenters. The van der Waals surface area contributed by atoms with Gasteiger partial charge in [-0.2, -0.15) is 0 Å². The van der Waals surface area contributed by atoms with Gasteiger partial charge in [0.25, 0.3) is 0 Å². The lowest BCUT2D eigenvalue weighted by Gasteiger charge is -2.21. The van der Waals surface area contributed by atoms with Gasteiger partial charge >= 0.3 is 0 Å². The van der Waals surface area contributed by atoms with Gasteiger partial charge in [-0.25, -0.2) is 0 Å². The van der Waals surface area contributed by atoms with Crippen LogP contribution in [-0.4, -0.2) is 20.6 Å². The Labute approximate surface area is 114 Å². The van der Waals surface area contributed by atoms with Gasteiger partial charge in [-0.05, 0) is 47.1 Å². The third-order valence-electron chi connectivity index (χ3n) is 2.90. The van der Waals surface area contributed by atoms with Gasteiger partial charge in [0.05, 0.1) is 5.69 Å². The van der Waals surface area contributed by atoms with E-state index in [0.717, 1.165) is 13.1 Å². The van der Waals surface area contributed by atoms with Gasteiger partial charge in [0.2, 0.25) is 0 Å². The fraction of sp³-hybridized carbons (Fsp3) is 0.571. The van der Waals surface area contributed by atoms with Crippen LogP contribution in [-0.2, 0) is 6.54 Å². The molecule has 1 aromatic carbocycles. The molecule has 0 aromatic heterocycles. The zero-order valence-electron chi connectivity index (χ0n) is 11.1. The van der Waals surface area contributed by atoms with Crippen LogP contribution in [0.2, 0.25) is 0 Å². The van der Waals surface area contributed by atoms with Crippen molar-refractivity contribution in [1.82, 2.24) is 5.32 Å². The van der Waals surface area contributed by atoms with Crippen LogP contribution in [0.3, 0.4) is 0 Å². The van der Waals surface area contributed by atoms with Crippen molar-refractivity contribution in [2.75, 3.05) is 25.5 Å². The molecule has 0 bridgehead atoms. The zero-order chi connectivity index (χ0) is 12.7. The molecule has 0 spiro atoms. The number of anilines is 1. The molecule has 96 valence electrons. The highest BCUT2D eigenvalue weighted by atomic mass is 79.9. The van der Waals surface area contributed by atoms with Gasteiger partial charge in [0.1, 0.15) is 0 Å². The number of hydrogen-bond donors (Lipinski definition) is 1. The molecule has 17 heavy (non-hydrogen) atoms. The van der Waals surface area contributed by atoms with E-state index < -0.39 is 0 Å². The summed E-state index contributed by atoms with van der Waals surface area (Å²) in [7, 11) is 4.13. The monoisotopic (exact) mass is 298 g/mol. The lowest BCUT2D eigenvalue weighted by Crippen LogP contribution is -2.19. The first kappa shape index (κ1) is 14.5. The first-order valence-electron chi connectivity index (χ1n) is 6.33. The van der Waals surface area contributed by atoms with E-state index in [2.05, 4.69) is 58.3 Å². The van der Waals surface area contributed by atoms with E-state index in [4.69, 9.17) is 0 Å². The summed E-state index contributed by atoms with van der Waals surface area (Å²) in [5.41, 5.74) is 2.59. The fourth-order valence-corrected chi connectivity index (χ4v) is 2.62. The highest BCUT2D eigenvalue weighted by Crippen LogP contribution is 2.26. The summed E-state index contributed by atoms with van der Waals surface area (Å²) in [5, 5.41) is 3.17. The summed E-state index contributed by atoms with van der Waals surface area (Å²) in [6, 6.07) is 6.58. The number of unbranched alkanes of at least 4 members (excludes halogenated alkanes) is 2. The Kier molecular flexibility index (Phi) is 6.60. The van der Waals surface area contributed by atoms with Crippen molar-refractivity contribution >= 4 is 21.6 Å². The number of hydrogen-bond acceptors (Lipinski definition) is 2. The van der Waals surface area contributed by atoms with Gasteiger partial charge in [-0.1, -0.05) is 25.8 Å². The van der Waals surface area contributed by atoms with E-state index in [1.807, 2.05) is 7.05 Å². The van der Waals surface area contributed by atoms with E-state index in [1.54, 1.807) is 0 Å². The minimum atomic E-state index is 0.915. The van der Waals surface area contributed by atoms with E-state index in [9.17, 15) is 0 Å². The minimum absolute atomic E-state index is 0.915. The van der Waals surface area contributed by atoms with Crippen LogP contribution in [0, 0.1) is 0 Å². The maximum atomic E-state index is 3.66. The van der Waals surface area contributed by atoms with Crippen molar-refractivity contribution < 1.29 is 0 Å². The van der Waals surface area contributed by atoms with Gasteiger partial charge < -0.3 is 10.2 Å². The maximum Gasteiger partial charge on any atom is 0.0508 e. The van der Waals surface area contributed by atoms with Gasteiger partial charge in [0, 0.05) is 24.6 Å². The summed E-state index contributed by atoms with van der Waals surface area (Å²) in [4.78, 5) is 2.32. The quantitative estimate of drug-likeness (QED) is 0.771. The van der Waals surface area contributed by atoms with Crippen molar-refractivity contribution in [3.05, 3.63) is 28.2 Å². The van der Waals surface area contributed by atoms with E-state index in [-0.39, 0.29) is 0 Å². The second-order valence-corrected chi connectivity index (χ2v) is 5.30. The Morgan fingerprint density at radius 1 is 1.29 bits per heavy atom. The SMILES string of the molecule is CCCCCN(C)c1ccc(CNC)cc1Br. The van der Waals surface area contributed by atoms with E-state index in [1.165, 1.54) is 35.0 Å². The molecule has 1 aromatic rings. The molecule has 0 aliphatic heterocycles. The average Bonchev–Trinajstić information content (AvgIpc) is 2.29. The maximum absolute atomic E-state index is 3.66. The summed E-state index contributed by atoms with van der Waals surface area (Å²) < 4.78 is 1.18. The molecule has 1 N–H and O–H groups in total. The molecule has 0 aliphatic rings. The van der Waals surface area contributed by atoms with E-state index in [0.29, 0.717) is 0 Å². The lowest BCUT2D eigenvalue weighted by atomic mass is 10.2. The summed E-state index contributed by atoms with van der Waals surface area (Å²) in [6.07, 6.45) is 3.84. The molecule has 1 rings (SSSR count). The molecule has 0 saturated heterocycles. The molecule has 0 radical (unpaired) electrons. The first-order chi connectivity index (χ1) is 8.19. The smallest absolute Gasteiger partial charge is 0.0508 e. The molecule has 0 fully saturated rings. The van der Waals surface area contributed by atoms with Crippen LogP contribution in [0.1, 0.15) is 31.7 Å². The topological polar surface area (TPSA) is 15.3 Å². The van der Waals surface area contributed by atoms with Gasteiger partial charge in [-0.3, -0.25) is 0 Å². The Bertz CT molecular complexity index is 339. The minimum Gasteiger partial charge on any atom is -0.374 e. The third kappa shape index (κ3) is 4.68. The largest absolute Gasteiger partial charge is 0.374 e. The number of rotatable bonds is 7. The molecule has 0 atom stereocenters. The van der Waals surface area contributed by atoms with Crippen LogP contribution in [0.15, 0.2) is 22.7 Å². The number of nitrogens with one attached hydrogen (secondary N) is 1. The summed E-state index contributed by atoms with van der Waals surface area (Å²) in [6.45, 7) is 4.28. The highest BCUT2D eigenvalue weighted by molar-refractivity contribution is 9.10. The Balaban J connectivity index is 2.63. The van der Waals surface area contributed by atoms with Crippen molar-refractivity contribution in [3.63, 3.8) is 0 Å². The molecule has 0 aliphatic carbocycles. The van der Waals surface area contributed by atoms with Crippen molar-refractivity contribution in [2.24, 2.45) is 0 Å². The Morgan fingerprint density at radius 3 is 2.65 bits per heavy atom. The van der Waals surface area contributed by atoms with Crippen molar-refractivity contribution in [2.45, 2.75) is 32.7 Å². The number of halogens is 1. The third-order valence-corrected chi connectivity index (χ3v) is 3.54. The van der Waals surface area contributed by atoms with E-state index >= 15 is 0 Å². The second kappa shape index (κ2) is 7.72. The molecule has 0 heterocycles. The highest BCUT2D eigenvalue weighted by Gasteiger charge is 2.06. The number of benzene rings is 1. The van der Waals surface area contributed by atoms with Gasteiger partial charge in [0.15, 0.2) is 0 Å². The second-order valence-electron chi connectivity index (χ2n) is 4.44. The predicted molar refractivity (Wildman–Crippen MR) is 79.7 cm³/mol. The molecular formula is C14H23BrN2. The van der Waals surface area contributed by atoms with Crippen LogP contribution >= 0.6 is 15.9 Å². The van der Waals surface area contributed by atoms with Crippen molar-refractivity contribution in [1.29, 1.82) is 0 Å². The Morgan fingerprint density at radius 2 is 2.06 bits per heavy atom. The molecule has 0 amide bonds. The lowest BCUT2D eigenvalue weighted by molar-refractivity contribution is 0.704. The molecular weight excluding hydrogens is 276 g/mol. The predicted octanol–water partition coefficient (Wildman–Crippen LogP) is 3.79. The fourth-order valence-electron chi connectivity index (χ4n) is 1.89. The Hall–Kier alpha value is -0.540. The molecule has 2 nitrogen and oxygen atoms in total. The first-order valence-corrected chi connectivity index (χ1v) is 7.12. The molecule has 0 saturated carbocycles. The van der Waals surface area contributed by atoms with Crippen LogP contribution in [0.5, 0.6) is 0 Å². The average molecular weight is 299 g/mol. The van der Waals surface area contributed by atoms with Crippen molar-refractivity contribution in [3.8, 4) is 0 Å². The summed E-state index contributed by atoms with van der Waals surface area (Å²) >= 11 is 3.66.